The Morgan fingerprint density at radius 1 is 1.39 bits per heavy atom. The van der Waals surface area contributed by atoms with Gasteiger partial charge in [0.15, 0.2) is 0 Å². The Bertz CT molecular complexity index is 535. The van der Waals surface area contributed by atoms with E-state index < -0.39 is 0 Å². The van der Waals surface area contributed by atoms with Gasteiger partial charge in [-0.1, -0.05) is 12.1 Å². The van der Waals surface area contributed by atoms with Crippen molar-refractivity contribution in [1.29, 1.82) is 0 Å². The maximum absolute atomic E-state index is 12.2. The van der Waals surface area contributed by atoms with Crippen molar-refractivity contribution in [3.05, 3.63) is 29.8 Å². The second kappa shape index (κ2) is 5.25. The Labute approximate surface area is 103 Å². The molecule has 0 radical (unpaired) electrons. The summed E-state index contributed by atoms with van der Waals surface area (Å²) in [6.45, 7) is 0.908. The van der Waals surface area contributed by atoms with E-state index in [-0.39, 0.29) is 24.0 Å². The number of hydrogen-bond acceptors (Lipinski definition) is 4. The van der Waals surface area contributed by atoms with Crippen molar-refractivity contribution in [3.8, 4) is 0 Å². The van der Waals surface area contributed by atoms with Gasteiger partial charge in [-0.05, 0) is 12.1 Å². The van der Waals surface area contributed by atoms with Crippen LogP contribution in [0.1, 0.15) is 10.4 Å². The van der Waals surface area contributed by atoms with Gasteiger partial charge < -0.3 is 10.2 Å². The first kappa shape index (κ1) is 12.0. The number of piperazine rings is 1. The number of carbonyl (C=O) groups is 2. The predicted octanol–water partition coefficient (Wildman–Crippen LogP) is 0.226. The van der Waals surface area contributed by atoms with E-state index in [1.54, 1.807) is 24.3 Å². The zero-order valence-electron chi connectivity index (χ0n) is 9.55. The Hall–Kier alpha value is -2.46. The first-order valence-electron chi connectivity index (χ1n) is 5.45. The van der Waals surface area contributed by atoms with Gasteiger partial charge in [-0.3, -0.25) is 9.59 Å². The van der Waals surface area contributed by atoms with E-state index in [0.717, 1.165) is 0 Å². The summed E-state index contributed by atoms with van der Waals surface area (Å²) in [4.78, 5) is 38.6. The molecule has 1 aromatic carbocycles. The van der Waals surface area contributed by atoms with Crippen LogP contribution < -0.4 is 5.32 Å². The number of hydrogen-bond donors (Lipinski definition) is 1. The maximum atomic E-state index is 12.2. The summed E-state index contributed by atoms with van der Waals surface area (Å²) in [5, 5.41) is 2.64. The van der Waals surface area contributed by atoms with Crippen LogP contribution in [0, 0.1) is 0 Å². The van der Waals surface area contributed by atoms with Crippen LogP contribution in [0.15, 0.2) is 29.3 Å². The quantitative estimate of drug-likeness (QED) is 0.598. The lowest BCUT2D eigenvalue weighted by Crippen LogP contribution is -2.49. The second-order valence-electron chi connectivity index (χ2n) is 3.80. The lowest BCUT2D eigenvalue weighted by atomic mass is 10.1. The van der Waals surface area contributed by atoms with Gasteiger partial charge in [0.1, 0.15) is 0 Å². The number of isocyanates is 1. The minimum Gasteiger partial charge on any atom is -0.353 e. The van der Waals surface area contributed by atoms with Gasteiger partial charge in [0.25, 0.3) is 5.91 Å². The molecule has 0 aliphatic carbocycles. The van der Waals surface area contributed by atoms with E-state index in [4.69, 9.17) is 0 Å². The molecule has 1 N–H and O–H groups in total. The highest BCUT2D eigenvalue weighted by Crippen LogP contribution is 2.20. The predicted molar refractivity (Wildman–Crippen MR) is 63.1 cm³/mol. The molecule has 6 heteroatoms. The van der Waals surface area contributed by atoms with Gasteiger partial charge in [0, 0.05) is 13.1 Å². The average molecular weight is 245 g/mol. The molecule has 0 atom stereocenters. The number of benzene rings is 1. The molecular weight excluding hydrogens is 234 g/mol. The van der Waals surface area contributed by atoms with Crippen LogP contribution in [0.25, 0.3) is 0 Å². The van der Waals surface area contributed by atoms with Gasteiger partial charge in [-0.25, -0.2) is 4.79 Å². The number of rotatable bonds is 2. The first-order valence-corrected chi connectivity index (χ1v) is 5.45. The molecular formula is C12H11N3O3. The highest BCUT2D eigenvalue weighted by molar-refractivity contribution is 6.01. The lowest BCUT2D eigenvalue weighted by molar-refractivity contribution is -0.123. The van der Waals surface area contributed by atoms with E-state index in [2.05, 4.69) is 10.3 Å². The SMILES string of the molecule is O=C=Nc1ccccc1C(=O)N1CCNC(=O)C1. The third-order valence-electron chi connectivity index (χ3n) is 2.63. The fraction of sp³-hybridized carbons (Fsp3) is 0.250. The van der Waals surface area contributed by atoms with Crippen LogP contribution in [0.3, 0.4) is 0 Å². The van der Waals surface area contributed by atoms with Crippen molar-refractivity contribution in [2.24, 2.45) is 4.99 Å². The third-order valence-corrected chi connectivity index (χ3v) is 2.63. The molecule has 1 aliphatic heterocycles. The van der Waals surface area contributed by atoms with Crippen LogP contribution in [0.5, 0.6) is 0 Å². The second-order valence-corrected chi connectivity index (χ2v) is 3.80. The number of para-hydroxylation sites is 1. The van der Waals surface area contributed by atoms with Crippen LogP contribution in [-0.2, 0) is 9.59 Å². The number of nitrogens with zero attached hydrogens (tertiary/aromatic N) is 2. The van der Waals surface area contributed by atoms with Gasteiger partial charge >= 0.3 is 0 Å². The van der Waals surface area contributed by atoms with Crippen molar-refractivity contribution >= 4 is 23.6 Å². The van der Waals surface area contributed by atoms with E-state index >= 15 is 0 Å². The minimum atomic E-state index is -0.306. The molecule has 2 rings (SSSR count). The highest BCUT2D eigenvalue weighted by Gasteiger charge is 2.23. The molecule has 0 unspecified atom stereocenters. The van der Waals surface area contributed by atoms with Crippen molar-refractivity contribution < 1.29 is 14.4 Å². The average Bonchev–Trinajstić information content (AvgIpc) is 2.39. The molecule has 0 aromatic heterocycles. The van der Waals surface area contributed by atoms with Crippen molar-refractivity contribution in [3.63, 3.8) is 0 Å². The van der Waals surface area contributed by atoms with Gasteiger partial charge in [0.2, 0.25) is 12.0 Å². The van der Waals surface area contributed by atoms with Crippen molar-refractivity contribution in [2.75, 3.05) is 19.6 Å². The topological polar surface area (TPSA) is 78.8 Å². The van der Waals surface area contributed by atoms with E-state index in [9.17, 15) is 14.4 Å². The van der Waals surface area contributed by atoms with E-state index in [1.807, 2.05) is 0 Å². The van der Waals surface area contributed by atoms with Gasteiger partial charge in [-0.2, -0.15) is 4.99 Å². The maximum Gasteiger partial charge on any atom is 0.256 e. The fourth-order valence-electron chi connectivity index (χ4n) is 1.78. The molecule has 6 nitrogen and oxygen atoms in total. The number of amides is 2. The monoisotopic (exact) mass is 245 g/mol. The summed E-state index contributed by atoms with van der Waals surface area (Å²) in [5.74, 6) is -0.495. The summed E-state index contributed by atoms with van der Waals surface area (Å²) < 4.78 is 0. The molecule has 1 aromatic rings. The van der Waals surface area contributed by atoms with Crippen LogP contribution in [-0.4, -0.2) is 42.4 Å². The summed E-state index contributed by atoms with van der Waals surface area (Å²) in [7, 11) is 0. The Morgan fingerprint density at radius 3 is 2.89 bits per heavy atom. The zero-order chi connectivity index (χ0) is 13.0. The van der Waals surface area contributed by atoms with Gasteiger partial charge in [-0.15, -0.1) is 0 Å². The lowest BCUT2D eigenvalue weighted by Gasteiger charge is -2.26. The molecule has 0 saturated carbocycles. The first-order chi connectivity index (χ1) is 8.72. The zero-order valence-corrected chi connectivity index (χ0v) is 9.55. The van der Waals surface area contributed by atoms with Gasteiger partial charge in [0.05, 0.1) is 17.8 Å². The van der Waals surface area contributed by atoms with Crippen LogP contribution >= 0.6 is 0 Å². The molecule has 1 saturated heterocycles. The number of carbonyl (C=O) groups excluding carboxylic acids is 3. The molecule has 1 fully saturated rings. The number of nitrogens with one attached hydrogen (secondary N) is 1. The summed E-state index contributed by atoms with van der Waals surface area (Å²) >= 11 is 0. The minimum absolute atomic E-state index is 0.0258. The normalized spacial score (nSPS) is 14.7. The standard InChI is InChI=1S/C12H11N3O3/c16-8-14-10-4-2-1-3-9(10)12(18)15-6-5-13-11(17)7-15/h1-4H,5-7H2,(H,13,17). The van der Waals surface area contributed by atoms with Crippen LogP contribution in [0.2, 0.25) is 0 Å². The molecule has 1 heterocycles. The molecule has 92 valence electrons. The molecule has 18 heavy (non-hydrogen) atoms. The molecule has 2 amide bonds. The summed E-state index contributed by atoms with van der Waals surface area (Å²) in [6, 6.07) is 6.49. The smallest absolute Gasteiger partial charge is 0.256 e. The molecule has 0 bridgehead atoms. The van der Waals surface area contributed by atoms with E-state index in [0.29, 0.717) is 18.7 Å². The highest BCUT2D eigenvalue weighted by atomic mass is 16.2. The fourth-order valence-corrected chi connectivity index (χ4v) is 1.78. The number of aliphatic imine (C=N–C) groups is 1. The van der Waals surface area contributed by atoms with E-state index in [1.165, 1.54) is 11.0 Å². The molecule has 0 spiro atoms. The molecule has 1 aliphatic rings. The summed E-state index contributed by atoms with van der Waals surface area (Å²) in [6.07, 6.45) is 1.42. The Balaban J connectivity index is 2.28. The summed E-state index contributed by atoms with van der Waals surface area (Å²) in [5.41, 5.74) is 0.569. The van der Waals surface area contributed by atoms with Crippen molar-refractivity contribution in [1.82, 2.24) is 10.2 Å². The Morgan fingerprint density at radius 2 is 2.17 bits per heavy atom. The third kappa shape index (κ3) is 2.44. The van der Waals surface area contributed by atoms with Crippen molar-refractivity contribution in [2.45, 2.75) is 0 Å². The Kier molecular flexibility index (Phi) is 3.50. The van der Waals surface area contributed by atoms with Crippen LogP contribution in [0.4, 0.5) is 5.69 Å². The largest absolute Gasteiger partial charge is 0.353 e.